The molecule has 1 aliphatic rings. The van der Waals surface area contributed by atoms with E-state index in [1.807, 2.05) is 57.2 Å². The van der Waals surface area contributed by atoms with Gasteiger partial charge in [-0.3, -0.25) is 4.79 Å². The highest BCUT2D eigenvalue weighted by Gasteiger charge is 2.23. The Hall–Kier alpha value is -2.34. The lowest BCUT2D eigenvalue weighted by molar-refractivity contribution is -0.115. The van der Waals surface area contributed by atoms with Crippen molar-refractivity contribution >= 4 is 23.4 Å². The van der Waals surface area contributed by atoms with Gasteiger partial charge in [-0.25, -0.2) is 0 Å². The highest BCUT2D eigenvalue weighted by Crippen LogP contribution is 2.38. The van der Waals surface area contributed by atoms with Crippen LogP contribution in [0.3, 0.4) is 0 Å². The molecule has 2 unspecified atom stereocenters. The van der Waals surface area contributed by atoms with Gasteiger partial charge in [-0.15, -0.1) is 11.8 Å². The molecule has 1 heterocycles. The van der Waals surface area contributed by atoms with Crippen molar-refractivity contribution in [1.29, 1.82) is 0 Å². The molecule has 0 saturated carbocycles. The fraction of sp³-hybridized carbons (Fsp3) is 0.381. The quantitative estimate of drug-likeness (QED) is 0.707. The summed E-state index contributed by atoms with van der Waals surface area (Å²) in [5.74, 6) is 2.22. The second-order valence-corrected chi connectivity index (χ2v) is 7.86. The summed E-state index contributed by atoms with van der Waals surface area (Å²) in [6.07, 6.45) is 0.998. The van der Waals surface area contributed by atoms with Crippen molar-refractivity contribution < 1.29 is 19.0 Å². The molecule has 3 rings (SSSR count). The number of anilines is 1. The van der Waals surface area contributed by atoms with E-state index in [0.29, 0.717) is 18.0 Å². The monoisotopic (exact) mass is 387 g/mol. The van der Waals surface area contributed by atoms with Gasteiger partial charge in [0.15, 0.2) is 0 Å². The molecule has 0 fully saturated rings. The van der Waals surface area contributed by atoms with Gasteiger partial charge in [0.2, 0.25) is 5.91 Å². The van der Waals surface area contributed by atoms with E-state index in [0.717, 1.165) is 28.4 Å². The number of methoxy groups -OCH3 is 1. The highest BCUT2D eigenvalue weighted by molar-refractivity contribution is 8.00. The summed E-state index contributed by atoms with van der Waals surface area (Å²) < 4.78 is 16.7. The lowest BCUT2D eigenvalue weighted by atomic mass is 10.1. The Morgan fingerprint density at radius 3 is 2.74 bits per heavy atom. The zero-order valence-corrected chi connectivity index (χ0v) is 16.9. The van der Waals surface area contributed by atoms with Crippen molar-refractivity contribution in [2.45, 2.75) is 43.4 Å². The molecule has 0 spiro atoms. The van der Waals surface area contributed by atoms with E-state index in [2.05, 4.69) is 5.32 Å². The Balaban J connectivity index is 1.71. The maximum Gasteiger partial charge on any atom is 0.237 e. The minimum atomic E-state index is -0.263. The van der Waals surface area contributed by atoms with Gasteiger partial charge in [0.05, 0.1) is 24.7 Å². The number of ether oxygens (including phenoxy) is 3. The first-order chi connectivity index (χ1) is 13.0. The molecule has 144 valence electrons. The topological polar surface area (TPSA) is 56.8 Å². The number of amides is 1. The molecular weight excluding hydrogens is 362 g/mol. The van der Waals surface area contributed by atoms with Gasteiger partial charge in [-0.2, -0.15) is 0 Å². The van der Waals surface area contributed by atoms with Crippen LogP contribution >= 0.6 is 11.8 Å². The molecule has 6 heteroatoms. The van der Waals surface area contributed by atoms with E-state index >= 15 is 0 Å². The molecular formula is C21H25NO4S. The predicted molar refractivity (Wildman–Crippen MR) is 108 cm³/mol. The van der Waals surface area contributed by atoms with E-state index in [1.54, 1.807) is 7.11 Å². The molecule has 2 aromatic rings. The van der Waals surface area contributed by atoms with Crippen molar-refractivity contribution in [3.63, 3.8) is 0 Å². The van der Waals surface area contributed by atoms with Crippen molar-refractivity contribution in [2.24, 2.45) is 0 Å². The Morgan fingerprint density at radius 1 is 1.33 bits per heavy atom. The predicted octanol–water partition coefficient (Wildman–Crippen LogP) is 4.54. The average molecular weight is 388 g/mol. The number of carbonyl (C=O) groups is 1. The summed E-state index contributed by atoms with van der Waals surface area (Å²) in [5, 5.41) is 2.73. The van der Waals surface area contributed by atoms with Crippen LogP contribution in [0.15, 0.2) is 41.3 Å². The number of benzene rings is 2. The Morgan fingerprint density at radius 2 is 2.07 bits per heavy atom. The number of rotatable bonds is 7. The van der Waals surface area contributed by atoms with Crippen LogP contribution in [-0.2, 0) is 11.2 Å². The normalized spacial score (nSPS) is 16.2. The molecule has 0 radical (unpaired) electrons. The highest BCUT2D eigenvalue weighted by atomic mass is 32.2. The molecule has 1 amide bonds. The second kappa shape index (κ2) is 8.57. The summed E-state index contributed by atoms with van der Waals surface area (Å²) in [6, 6.07) is 11.5. The summed E-state index contributed by atoms with van der Waals surface area (Å²) in [7, 11) is 1.63. The summed E-state index contributed by atoms with van der Waals surface area (Å²) in [5.41, 5.74) is 1.77. The molecule has 0 aromatic heterocycles. The third-order valence-corrected chi connectivity index (χ3v) is 5.41. The Kier molecular flexibility index (Phi) is 6.16. The first-order valence-electron chi connectivity index (χ1n) is 9.08. The summed E-state index contributed by atoms with van der Waals surface area (Å²) >= 11 is 1.50. The third kappa shape index (κ3) is 4.69. The number of hydrogen-bond donors (Lipinski definition) is 1. The maximum atomic E-state index is 12.7. The number of hydrogen-bond acceptors (Lipinski definition) is 5. The number of fused-ring (bicyclic) bond motifs is 1. The van der Waals surface area contributed by atoms with Crippen LogP contribution in [-0.4, -0.2) is 31.0 Å². The van der Waals surface area contributed by atoms with Gasteiger partial charge in [0.1, 0.15) is 23.4 Å². The van der Waals surface area contributed by atoms with Crippen molar-refractivity contribution in [3.05, 3.63) is 42.0 Å². The molecule has 2 aromatic carbocycles. The van der Waals surface area contributed by atoms with Crippen LogP contribution < -0.4 is 19.5 Å². The fourth-order valence-electron chi connectivity index (χ4n) is 2.96. The fourth-order valence-corrected chi connectivity index (χ4v) is 3.83. The van der Waals surface area contributed by atoms with Gasteiger partial charge >= 0.3 is 0 Å². The van der Waals surface area contributed by atoms with E-state index in [9.17, 15) is 4.79 Å². The Labute approximate surface area is 164 Å². The van der Waals surface area contributed by atoms with Crippen LogP contribution in [0.25, 0.3) is 0 Å². The molecule has 1 N–H and O–H groups in total. The van der Waals surface area contributed by atoms with Crippen LogP contribution in [0.5, 0.6) is 17.2 Å². The molecule has 0 saturated heterocycles. The third-order valence-electron chi connectivity index (χ3n) is 4.30. The van der Waals surface area contributed by atoms with Crippen molar-refractivity contribution in [3.8, 4) is 17.2 Å². The first-order valence-corrected chi connectivity index (χ1v) is 9.96. The molecule has 27 heavy (non-hydrogen) atoms. The van der Waals surface area contributed by atoms with Crippen LogP contribution in [0.4, 0.5) is 5.69 Å². The summed E-state index contributed by atoms with van der Waals surface area (Å²) in [4.78, 5) is 13.7. The minimum Gasteiger partial charge on any atom is -0.497 e. The van der Waals surface area contributed by atoms with E-state index in [-0.39, 0.29) is 17.3 Å². The number of thioether (sulfide) groups is 1. The van der Waals surface area contributed by atoms with Crippen LogP contribution in [0, 0.1) is 0 Å². The Bertz CT molecular complexity index is 807. The molecule has 5 nitrogen and oxygen atoms in total. The minimum absolute atomic E-state index is 0.0808. The second-order valence-electron chi connectivity index (χ2n) is 6.45. The largest absolute Gasteiger partial charge is 0.497 e. The maximum absolute atomic E-state index is 12.7. The van der Waals surface area contributed by atoms with Gasteiger partial charge in [-0.1, -0.05) is 0 Å². The number of carbonyl (C=O) groups excluding carboxylic acids is 1. The molecule has 0 aliphatic carbocycles. The SMILES string of the molecule is CCOc1cc2c(cc1NC(=O)C(C)Sc1ccc(OC)cc1)OC(C)C2. The van der Waals surface area contributed by atoms with Crippen LogP contribution in [0.1, 0.15) is 26.3 Å². The standard InChI is InChI=1S/C21H25NO4S/c1-5-25-20-11-15-10-13(2)26-19(15)12-18(20)22-21(23)14(3)27-17-8-6-16(24-4)7-9-17/h6-9,11-14H,5,10H2,1-4H3,(H,22,23). The smallest absolute Gasteiger partial charge is 0.237 e. The molecule has 0 bridgehead atoms. The van der Waals surface area contributed by atoms with E-state index < -0.39 is 0 Å². The zero-order valence-electron chi connectivity index (χ0n) is 16.1. The van der Waals surface area contributed by atoms with Gasteiger partial charge in [0.25, 0.3) is 0 Å². The van der Waals surface area contributed by atoms with E-state index in [1.165, 1.54) is 11.8 Å². The lowest BCUT2D eigenvalue weighted by Crippen LogP contribution is -2.22. The molecule has 2 atom stereocenters. The van der Waals surface area contributed by atoms with Gasteiger partial charge in [-0.05, 0) is 51.1 Å². The van der Waals surface area contributed by atoms with Gasteiger partial charge < -0.3 is 19.5 Å². The molecule has 1 aliphatic heterocycles. The summed E-state index contributed by atoms with van der Waals surface area (Å²) in [6.45, 7) is 6.39. The first kappa shape index (κ1) is 19.4. The average Bonchev–Trinajstić information content (AvgIpc) is 3.01. The van der Waals surface area contributed by atoms with Gasteiger partial charge in [0, 0.05) is 22.9 Å². The van der Waals surface area contributed by atoms with Crippen LogP contribution in [0.2, 0.25) is 0 Å². The van der Waals surface area contributed by atoms with Crippen molar-refractivity contribution in [1.82, 2.24) is 0 Å². The number of nitrogens with one attached hydrogen (secondary N) is 1. The zero-order chi connectivity index (χ0) is 19.4. The van der Waals surface area contributed by atoms with Crippen molar-refractivity contribution in [2.75, 3.05) is 19.0 Å². The lowest BCUT2D eigenvalue weighted by Gasteiger charge is -2.16. The van der Waals surface area contributed by atoms with E-state index in [4.69, 9.17) is 14.2 Å².